The second kappa shape index (κ2) is 16.4. The average Bonchev–Trinajstić information content (AvgIpc) is 3.05. The van der Waals surface area contributed by atoms with Gasteiger partial charge < -0.3 is 15.0 Å². The van der Waals surface area contributed by atoms with Crippen molar-refractivity contribution in [3.05, 3.63) is 131 Å². The van der Waals surface area contributed by atoms with Gasteiger partial charge in [-0.3, -0.25) is 0 Å². The molecular formula is C39H44O3. The fourth-order valence-electron chi connectivity index (χ4n) is 5.71. The summed E-state index contributed by atoms with van der Waals surface area (Å²) in [5, 5.41) is 16.8. The third-order valence-electron chi connectivity index (χ3n) is 7.81. The van der Waals surface area contributed by atoms with Crippen LogP contribution in [0.3, 0.4) is 0 Å². The number of rotatable bonds is 9. The first-order chi connectivity index (χ1) is 20.6. The number of aryl methyl sites for hydroxylation is 3. The molecule has 3 nitrogen and oxygen atoms in total. The number of allylic oxidation sites excluding steroid dienone is 3. The molecule has 218 valence electrons. The largest absolute Gasteiger partial charge is 0.400 e. The quantitative estimate of drug-likeness (QED) is 0.201. The average molecular weight is 561 g/mol. The number of carbonyl (C=O) groups is 1. The minimum atomic E-state index is 0.116. The first-order valence-electron chi connectivity index (χ1n) is 14.6. The normalized spacial score (nSPS) is 12.2. The third-order valence-corrected chi connectivity index (χ3v) is 7.81. The van der Waals surface area contributed by atoms with Gasteiger partial charge in [-0.05, 0) is 102 Å². The number of hydrogen-bond donors (Lipinski definition) is 2. The van der Waals surface area contributed by atoms with Gasteiger partial charge in [0, 0.05) is 13.0 Å². The fraction of sp³-hybridized carbons (Fsp3) is 0.256. The maximum absolute atomic E-state index is 9.78. The van der Waals surface area contributed by atoms with E-state index in [4.69, 9.17) is 9.90 Å². The van der Waals surface area contributed by atoms with Crippen molar-refractivity contribution in [3.8, 4) is 33.4 Å². The van der Waals surface area contributed by atoms with Crippen LogP contribution in [0, 0.1) is 0 Å². The molecule has 42 heavy (non-hydrogen) atoms. The first-order valence-corrected chi connectivity index (χ1v) is 14.6. The molecule has 0 aliphatic heterocycles. The molecule has 0 bridgehead atoms. The molecule has 2 N–H and O–H groups in total. The van der Waals surface area contributed by atoms with Crippen LogP contribution < -0.4 is 0 Å². The zero-order valence-electron chi connectivity index (χ0n) is 25.3. The molecule has 5 rings (SSSR count). The van der Waals surface area contributed by atoms with Crippen LogP contribution in [0.5, 0.6) is 0 Å². The van der Waals surface area contributed by atoms with E-state index in [0.717, 1.165) is 50.4 Å². The van der Waals surface area contributed by atoms with E-state index in [2.05, 4.69) is 111 Å². The lowest BCUT2D eigenvalue weighted by molar-refractivity contribution is -0.0980. The van der Waals surface area contributed by atoms with Gasteiger partial charge >= 0.3 is 0 Å². The molecule has 0 fully saturated rings. The second-order valence-corrected chi connectivity index (χ2v) is 10.7. The Bertz CT molecular complexity index is 1460. The Morgan fingerprint density at radius 1 is 0.786 bits per heavy atom. The van der Waals surface area contributed by atoms with Gasteiger partial charge in [-0.1, -0.05) is 103 Å². The van der Waals surface area contributed by atoms with Crippen LogP contribution in [0.15, 0.2) is 109 Å². The van der Waals surface area contributed by atoms with Gasteiger partial charge in [-0.15, -0.1) is 6.58 Å². The summed E-state index contributed by atoms with van der Waals surface area (Å²) in [6.45, 7) is 10.3. The van der Waals surface area contributed by atoms with E-state index in [9.17, 15) is 5.11 Å². The number of aliphatic hydroxyl groups is 2. The van der Waals surface area contributed by atoms with E-state index in [0.29, 0.717) is 0 Å². The predicted molar refractivity (Wildman–Crippen MR) is 178 cm³/mol. The second-order valence-electron chi connectivity index (χ2n) is 10.7. The predicted octanol–water partition coefficient (Wildman–Crippen LogP) is 8.76. The van der Waals surface area contributed by atoms with E-state index in [1.807, 2.05) is 13.7 Å². The molecule has 0 amide bonds. The number of carbonyl (C=O) groups excluding carboxylic acids is 1. The standard InChI is InChI=1S/C37H38O.CH4O.CH2O/c1-4-5-6-7-27-8-20-36-33(23-27)17-18-34-24-32(19-21-37(34)36)30-13-9-28(10-14-30)29-11-15-31(16-12-29)35(25-38)22-26(2)3;2*1-2/h4-5,8-16,19-21,23-24,35,38H,2,6-7,17-18,22,25H2,1,3H3;2H,1H3;1H2/b5-4+;;. The number of hydrogen-bond acceptors (Lipinski definition) is 3. The topological polar surface area (TPSA) is 57.5 Å². The summed E-state index contributed by atoms with van der Waals surface area (Å²) < 4.78 is 0. The molecule has 1 unspecified atom stereocenters. The lowest BCUT2D eigenvalue weighted by Gasteiger charge is -2.21. The SMILES string of the molecule is C=C(C)CC(CO)c1ccc(-c2ccc(-c3ccc4c(c3)CCc3cc(CC/C=C/C)ccc3-4)cc2)cc1.C=O.CO. The van der Waals surface area contributed by atoms with Crippen LogP contribution in [0.1, 0.15) is 54.9 Å². The van der Waals surface area contributed by atoms with Crippen molar-refractivity contribution >= 4 is 6.79 Å². The van der Waals surface area contributed by atoms with Crippen molar-refractivity contribution in [2.24, 2.45) is 0 Å². The molecule has 4 aromatic rings. The van der Waals surface area contributed by atoms with E-state index in [-0.39, 0.29) is 12.5 Å². The maximum Gasteiger partial charge on any atom is 0.106 e. The van der Waals surface area contributed by atoms with Gasteiger partial charge in [-0.2, -0.15) is 0 Å². The minimum Gasteiger partial charge on any atom is -0.400 e. The van der Waals surface area contributed by atoms with Crippen molar-refractivity contribution in [3.63, 3.8) is 0 Å². The van der Waals surface area contributed by atoms with Crippen LogP contribution in [0.2, 0.25) is 0 Å². The summed E-state index contributed by atoms with van der Waals surface area (Å²) in [7, 11) is 1.00. The minimum absolute atomic E-state index is 0.116. The van der Waals surface area contributed by atoms with Gasteiger partial charge in [0.15, 0.2) is 0 Å². The van der Waals surface area contributed by atoms with Crippen molar-refractivity contribution in [2.75, 3.05) is 13.7 Å². The molecule has 0 heterocycles. The molecular weight excluding hydrogens is 516 g/mol. The Morgan fingerprint density at radius 2 is 1.29 bits per heavy atom. The van der Waals surface area contributed by atoms with Crippen LogP contribution in [-0.2, 0) is 24.1 Å². The van der Waals surface area contributed by atoms with Gasteiger partial charge in [0.25, 0.3) is 0 Å². The fourth-order valence-corrected chi connectivity index (χ4v) is 5.71. The monoisotopic (exact) mass is 560 g/mol. The van der Waals surface area contributed by atoms with Gasteiger partial charge in [0.05, 0.1) is 6.61 Å². The molecule has 1 aliphatic rings. The Morgan fingerprint density at radius 3 is 1.83 bits per heavy atom. The van der Waals surface area contributed by atoms with E-state index >= 15 is 0 Å². The molecule has 3 heteroatoms. The van der Waals surface area contributed by atoms with E-state index in [1.54, 1.807) is 0 Å². The summed E-state index contributed by atoms with van der Waals surface area (Å²) in [6, 6.07) is 31.5. The highest BCUT2D eigenvalue weighted by Crippen LogP contribution is 2.37. The Kier molecular flexibility index (Phi) is 12.7. The first kappa shape index (κ1) is 32.5. The van der Waals surface area contributed by atoms with E-state index in [1.165, 1.54) is 50.1 Å². The molecule has 0 radical (unpaired) electrons. The lowest BCUT2D eigenvalue weighted by atomic mass is 9.83. The summed E-state index contributed by atoms with van der Waals surface area (Å²) in [4.78, 5) is 8.00. The van der Waals surface area contributed by atoms with Crippen LogP contribution in [0.4, 0.5) is 0 Å². The van der Waals surface area contributed by atoms with Gasteiger partial charge in [0.1, 0.15) is 6.79 Å². The van der Waals surface area contributed by atoms with Crippen LogP contribution >= 0.6 is 0 Å². The van der Waals surface area contributed by atoms with Crippen LogP contribution in [0.25, 0.3) is 33.4 Å². The van der Waals surface area contributed by atoms with Crippen molar-refractivity contribution in [1.29, 1.82) is 0 Å². The molecule has 4 aromatic carbocycles. The molecule has 1 aliphatic carbocycles. The van der Waals surface area contributed by atoms with Gasteiger partial charge in [-0.25, -0.2) is 0 Å². The van der Waals surface area contributed by atoms with Crippen molar-refractivity contribution in [1.82, 2.24) is 0 Å². The highest BCUT2D eigenvalue weighted by molar-refractivity contribution is 5.78. The summed E-state index contributed by atoms with van der Waals surface area (Å²) in [6.07, 6.45) is 9.63. The number of benzene rings is 4. The number of fused-ring (bicyclic) bond motifs is 3. The van der Waals surface area contributed by atoms with Crippen LogP contribution in [-0.4, -0.2) is 30.7 Å². The highest BCUT2D eigenvalue weighted by atomic mass is 16.3. The molecule has 0 saturated carbocycles. The maximum atomic E-state index is 9.78. The Labute approximate surface area is 251 Å². The lowest BCUT2D eigenvalue weighted by Crippen LogP contribution is -2.05. The summed E-state index contributed by atoms with van der Waals surface area (Å²) in [5.41, 5.74) is 14.4. The number of aliphatic hydroxyl groups excluding tert-OH is 2. The molecule has 0 saturated heterocycles. The smallest absolute Gasteiger partial charge is 0.106 e. The van der Waals surface area contributed by atoms with E-state index < -0.39 is 0 Å². The zero-order chi connectivity index (χ0) is 30.5. The molecule has 0 aromatic heterocycles. The zero-order valence-corrected chi connectivity index (χ0v) is 25.3. The molecule has 1 atom stereocenters. The van der Waals surface area contributed by atoms with Gasteiger partial charge in [0.2, 0.25) is 0 Å². The van der Waals surface area contributed by atoms with Crippen molar-refractivity contribution in [2.45, 2.75) is 51.9 Å². The molecule has 0 spiro atoms. The highest BCUT2D eigenvalue weighted by Gasteiger charge is 2.17. The third kappa shape index (κ3) is 8.03. The Balaban J connectivity index is 0.00000116. The van der Waals surface area contributed by atoms with Crippen molar-refractivity contribution < 1.29 is 15.0 Å². The summed E-state index contributed by atoms with van der Waals surface area (Å²) in [5.74, 6) is 0.116. The Hall–Kier alpha value is -4.05. The summed E-state index contributed by atoms with van der Waals surface area (Å²) >= 11 is 0.